The first kappa shape index (κ1) is 15.4. The van der Waals surface area contributed by atoms with Crippen molar-refractivity contribution in [3.05, 3.63) is 38.8 Å². The van der Waals surface area contributed by atoms with Crippen molar-refractivity contribution in [1.29, 1.82) is 0 Å². The van der Waals surface area contributed by atoms with Gasteiger partial charge in [-0.3, -0.25) is 4.79 Å². The number of hydrogen-bond donors (Lipinski definition) is 0. The molecule has 0 aromatic heterocycles. The Kier molecular flexibility index (Phi) is 4.14. The van der Waals surface area contributed by atoms with Gasteiger partial charge in [-0.1, -0.05) is 39.1 Å². The number of hydrogen-bond acceptors (Lipinski definition) is 3. The van der Waals surface area contributed by atoms with Gasteiger partial charge < -0.3 is 4.74 Å². The first-order chi connectivity index (χ1) is 9.23. The molecule has 4 nitrogen and oxygen atoms in total. The Morgan fingerprint density at radius 2 is 1.85 bits per heavy atom. The molecule has 2 rings (SSSR count). The van der Waals surface area contributed by atoms with Gasteiger partial charge in [0.2, 0.25) is 5.60 Å². The van der Waals surface area contributed by atoms with Crippen molar-refractivity contribution in [2.45, 2.75) is 19.4 Å². The van der Waals surface area contributed by atoms with Crippen LogP contribution >= 0.6 is 39.1 Å². The first-order valence-electron chi connectivity index (χ1n) is 5.61. The van der Waals surface area contributed by atoms with E-state index >= 15 is 0 Å². The number of nitrogens with zero attached hydrogens (tertiary/aromatic N) is 1. The molecule has 0 radical (unpaired) electrons. The molecule has 1 saturated heterocycles. The van der Waals surface area contributed by atoms with E-state index in [-0.39, 0.29) is 5.69 Å². The maximum atomic E-state index is 12.4. The Bertz CT molecular complexity index is 608. The third kappa shape index (κ3) is 2.85. The van der Waals surface area contributed by atoms with Gasteiger partial charge in [-0.2, -0.15) is 0 Å². The van der Waals surface area contributed by atoms with Gasteiger partial charge in [-0.15, -0.1) is 0 Å². The fraction of sp³-hybridized carbons (Fsp3) is 0.231. The van der Waals surface area contributed by atoms with Crippen LogP contribution in [-0.4, -0.2) is 17.6 Å². The molecule has 1 aliphatic rings. The van der Waals surface area contributed by atoms with Crippen molar-refractivity contribution >= 4 is 56.8 Å². The van der Waals surface area contributed by atoms with Crippen molar-refractivity contribution in [3.63, 3.8) is 0 Å². The summed E-state index contributed by atoms with van der Waals surface area (Å²) in [6, 6.07) is 4.46. The standard InChI is InChI=1S/C13H10BrCl2NO3/c1-7(14)6-13(2)11(18)17(12(19)20-13)10-4-8(15)3-9(16)5-10/h3-6H,1-2H3. The average Bonchev–Trinajstić information content (AvgIpc) is 2.46. The molecule has 0 bridgehead atoms. The molecular formula is C13H10BrCl2NO3. The van der Waals surface area contributed by atoms with Crippen molar-refractivity contribution in [1.82, 2.24) is 0 Å². The molecule has 1 heterocycles. The highest BCUT2D eigenvalue weighted by Crippen LogP contribution is 2.34. The third-order valence-electron chi connectivity index (χ3n) is 2.69. The number of ether oxygens (including phenoxy) is 1. The van der Waals surface area contributed by atoms with E-state index in [1.807, 2.05) is 0 Å². The minimum Gasteiger partial charge on any atom is -0.428 e. The van der Waals surface area contributed by atoms with Gasteiger partial charge in [0.25, 0.3) is 5.91 Å². The van der Waals surface area contributed by atoms with Gasteiger partial charge in [0.05, 0.1) is 5.69 Å². The average molecular weight is 379 g/mol. The van der Waals surface area contributed by atoms with E-state index in [4.69, 9.17) is 27.9 Å². The number of amides is 2. The van der Waals surface area contributed by atoms with Crippen molar-refractivity contribution in [2.24, 2.45) is 0 Å². The number of anilines is 1. The van der Waals surface area contributed by atoms with Crippen LogP contribution in [0.4, 0.5) is 10.5 Å². The summed E-state index contributed by atoms with van der Waals surface area (Å²) in [6.07, 6.45) is 0.764. The summed E-state index contributed by atoms with van der Waals surface area (Å²) in [5.41, 5.74) is -1.07. The second-order valence-electron chi connectivity index (χ2n) is 4.47. The summed E-state index contributed by atoms with van der Waals surface area (Å²) in [5.74, 6) is -0.500. The number of rotatable bonds is 2. The fourth-order valence-electron chi connectivity index (χ4n) is 1.94. The lowest BCUT2D eigenvalue weighted by atomic mass is 10.1. The topological polar surface area (TPSA) is 46.6 Å². The van der Waals surface area contributed by atoms with Crippen LogP contribution in [0.25, 0.3) is 0 Å². The molecule has 1 atom stereocenters. The molecule has 0 spiro atoms. The molecule has 20 heavy (non-hydrogen) atoms. The summed E-state index contributed by atoms with van der Waals surface area (Å²) >= 11 is 15.0. The van der Waals surface area contributed by atoms with E-state index in [1.54, 1.807) is 6.92 Å². The SMILES string of the molecule is CC(Br)=CC1(C)OC(=O)N(c2cc(Cl)cc(Cl)c2)C1=O. The van der Waals surface area contributed by atoms with Crippen LogP contribution in [0.1, 0.15) is 13.8 Å². The molecule has 2 amide bonds. The number of allylic oxidation sites excluding steroid dienone is 1. The van der Waals surface area contributed by atoms with Gasteiger partial charge in [0.1, 0.15) is 0 Å². The highest BCUT2D eigenvalue weighted by atomic mass is 79.9. The van der Waals surface area contributed by atoms with Gasteiger partial charge in [0.15, 0.2) is 0 Å². The number of carbonyl (C=O) groups is 2. The van der Waals surface area contributed by atoms with E-state index in [9.17, 15) is 9.59 Å². The first-order valence-corrected chi connectivity index (χ1v) is 7.16. The molecule has 1 aromatic rings. The van der Waals surface area contributed by atoms with E-state index in [0.29, 0.717) is 14.5 Å². The quantitative estimate of drug-likeness (QED) is 0.759. The van der Waals surface area contributed by atoms with Crippen LogP contribution in [-0.2, 0) is 9.53 Å². The number of imide groups is 1. The number of benzene rings is 1. The molecule has 1 aliphatic heterocycles. The minimum absolute atomic E-state index is 0.279. The summed E-state index contributed by atoms with van der Waals surface area (Å²) in [5, 5.41) is 0.655. The van der Waals surface area contributed by atoms with Gasteiger partial charge >= 0.3 is 6.09 Å². The predicted molar refractivity (Wildman–Crippen MR) is 81.5 cm³/mol. The molecule has 7 heteroatoms. The molecule has 0 N–H and O–H groups in total. The monoisotopic (exact) mass is 377 g/mol. The normalized spacial score (nSPS) is 23.2. The largest absolute Gasteiger partial charge is 0.428 e. The van der Waals surface area contributed by atoms with Gasteiger partial charge in [0, 0.05) is 10.0 Å². The zero-order valence-electron chi connectivity index (χ0n) is 10.6. The zero-order valence-corrected chi connectivity index (χ0v) is 13.7. The van der Waals surface area contributed by atoms with Crippen molar-refractivity contribution in [3.8, 4) is 0 Å². The predicted octanol–water partition coefficient (Wildman–Crippen LogP) is 4.53. The lowest BCUT2D eigenvalue weighted by Crippen LogP contribution is -2.37. The van der Waals surface area contributed by atoms with E-state index in [1.165, 1.54) is 31.2 Å². The summed E-state index contributed by atoms with van der Waals surface area (Å²) < 4.78 is 5.85. The summed E-state index contributed by atoms with van der Waals surface area (Å²) in [4.78, 5) is 25.3. The number of cyclic esters (lactones) is 1. The van der Waals surface area contributed by atoms with E-state index in [2.05, 4.69) is 15.9 Å². The Balaban J connectivity index is 2.46. The van der Waals surface area contributed by atoms with Crippen LogP contribution in [0.3, 0.4) is 0 Å². The molecule has 0 saturated carbocycles. The number of halogens is 3. The van der Waals surface area contributed by atoms with Crippen LogP contribution in [0, 0.1) is 0 Å². The van der Waals surface area contributed by atoms with Crippen LogP contribution in [0.2, 0.25) is 10.0 Å². The minimum atomic E-state index is -1.35. The lowest BCUT2D eigenvalue weighted by Gasteiger charge is -2.16. The Hall–Kier alpha value is -1.04. The third-order valence-corrected chi connectivity index (χ3v) is 3.35. The van der Waals surface area contributed by atoms with E-state index < -0.39 is 17.6 Å². The Morgan fingerprint density at radius 3 is 2.35 bits per heavy atom. The molecule has 1 aromatic carbocycles. The summed E-state index contributed by atoms with van der Waals surface area (Å²) in [6.45, 7) is 3.26. The van der Waals surface area contributed by atoms with Crippen LogP contribution in [0.5, 0.6) is 0 Å². The lowest BCUT2D eigenvalue weighted by molar-refractivity contribution is -0.125. The van der Waals surface area contributed by atoms with Gasteiger partial charge in [-0.05, 0) is 42.6 Å². The molecule has 0 aliphatic carbocycles. The van der Waals surface area contributed by atoms with Gasteiger partial charge in [-0.25, -0.2) is 9.69 Å². The van der Waals surface area contributed by atoms with E-state index in [0.717, 1.165) is 4.90 Å². The maximum Gasteiger partial charge on any atom is 0.422 e. The number of carbonyl (C=O) groups excluding carboxylic acids is 2. The van der Waals surface area contributed by atoms with Crippen LogP contribution in [0.15, 0.2) is 28.8 Å². The summed E-state index contributed by atoms with van der Waals surface area (Å²) in [7, 11) is 0. The second-order valence-corrected chi connectivity index (χ2v) is 6.60. The van der Waals surface area contributed by atoms with Crippen LogP contribution < -0.4 is 4.90 Å². The van der Waals surface area contributed by atoms with Crippen molar-refractivity contribution in [2.75, 3.05) is 4.90 Å². The molecule has 106 valence electrons. The highest BCUT2D eigenvalue weighted by Gasteiger charge is 2.50. The maximum absolute atomic E-state index is 12.4. The smallest absolute Gasteiger partial charge is 0.422 e. The molecular weight excluding hydrogens is 369 g/mol. The molecule has 1 fully saturated rings. The molecule has 1 unspecified atom stereocenters. The highest BCUT2D eigenvalue weighted by molar-refractivity contribution is 9.11. The Labute approximate surface area is 134 Å². The zero-order chi connectivity index (χ0) is 15.1. The second kappa shape index (κ2) is 5.39. The van der Waals surface area contributed by atoms with Crippen molar-refractivity contribution < 1.29 is 14.3 Å². The Morgan fingerprint density at radius 1 is 1.30 bits per heavy atom. The fourth-order valence-corrected chi connectivity index (χ4v) is 2.89.